The topological polar surface area (TPSA) is 36.0 Å². The lowest BCUT2D eigenvalue weighted by atomic mass is 9.97. The number of hydrogen-bond donors (Lipinski definition) is 2. The van der Waals surface area contributed by atoms with E-state index in [4.69, 9.17) is 0 Å². The van der Waals surface area contributed by atoms with Gasteiger partial charge < -0.3 is 10.1 Å². The Morgan fingerprint density at radius 2 is 1.85 bits per heavy atom. The van der Waals surface area contributed by atoms with Crippen molar-refractivity contribution in [3.8, 4) is 0 Å². The van der Waals surface area contributed by atoms with Gasteiger partial charge in [-0.2, -0.15) is 0 Å². The van der Waals surface area contributed by atoms with E-state index in [1.165, 1.54) is 18.4 Å². The average molecular weight is 263 g/mol. The Hall–Kier alpha value is -2.06. The van der Waals surface area contributed by atoms with Crippen LogP contribution in [0.1, 0.15) is 41.6 Å². The monoisotopic (exact) mass is 263 g/mol. The quantitative estimate of drug-likeness (QED) is 0.732. The SMILES string of the molecule is OC(c1cccc(C2CC2)c1)c1ccc2[nH]ccc2c1. The molecule has 1 unspecified atom stereocenters. The number of nitrogens with one attached hydrogen (secondary N) is 1. The van der Waals surface area contributed by atoms with Gasteiger partial charge in [0.25, 0.3) is 0 Å². The van der Waals surface area contributed by atoms with Gasteiger partial charge in [-0.25, -0.2) is 0 Å². The molecule has 1 aliphatic rings. The summed E-state index contributed by atoms with van der Waals surface area (Å²) in [4.78, 5) is 3.18. The smallest absolute Gasteiger partial charge is 0.104 e. The van der Waals surface area contributed by atoms with Crippen LogP contribution in [-0.4, -0.2) is 10.1 Å². The molecule has 1 fully saturated rings. The highest BCUT2D eigenvalue weighted by atomic mass is 16.3. The number of hydrogen-bond acceptors (Lipinski definition) is 1. The van der Waals surface area contributed by atoms with Crippen LogP contribution < -0.4 is 0 Å². The van der Waals surface area contributed by atoms with Crippen LogP contribution in [0.4, 0.5) is 0 Å². The molecule has 4 rings (SSSR count). The number of fused-ring (bicyclic) bond motifs is 1. The predicted octanol–water partition coefficient (Wildman–Crippen LogP) is 4.13. The lowest BCUT2D eigenvalue weighted by Gasteiger charge is -2.13. The van der Waals surface area contributed by atoms with E-state index >= 15 is 0 Å². The van der Waals surface area contributed by atoms with Crippen LogP contribution in [0.15, 0.2) is 54.7 Å². The molecule has 0 radical (unpaired) electrons. The first-order valence-corrected chi connectivity index (χ1v) is 7.16. The predicted molar refractivity (Wildman–Crippen MR) is 80.8 cm³/mol. The lowest BCUT2D eigenvalue weighted by Crippen LogP contribution is -2.00. The number of H-pyrrole nitrogens is 1. The average Bonchev–Trinajstić information content (AvgIpc) is 3.24. The summed E-state index contributed by atoms with van der Waals surface area (Å²) in [6, 6.07) is 16.5. The molecule has 1 aliphatic carbocycles. The summed E-state index contributed by atoms with van der Waals surface area (Å²) < 4.78 is 0. The highest BCUT2D eigenvalue weighted by Crippen LogP contribution is 2.41. The van der Waals surface area contributed by atoms with Gasteiger partial charge in [0.2, 0.25) is 0 Å². The van der Waals surface area contributed by atoms with E-state index in [-0.39, 0.29) is 0 Å². The first-order chi connectivity index (χ1) is 9.81. The van der Waals surface area contributed by atoms with E-state index in [2.05, 4.69) is 29.2 Å². The van der Waals surface area contributed by atoms with Crippen molar-refractivity contribution >= 4 is 10.9 Å². The largest absolute Gasteiger partial charge is 0.384 e. The van der Waals surface area contributed by atoms with E-state index < -0.39 is 6.10 Å². The second-order valence-electron chi connectivity index (χ2n) is 5.67. The first kappa shape index (κ1) is 11.7. The Labute approximate surface area is 118 Å². The highest BCUT2D eigenvalue weighted by molar-refractivity contribution is 5.80. The molecule has 0 spiro atoms. The number of aromatic amines is 1. The molecule has 0 amide bonds. The maximum Gasteiger partial charge on any atom is 0.104 e. The summed E-state index contributed by atoms with van der Waals surface area (Å²) >= 11 is 0. The molecule has 2 N–H and O–H groups in total. The molecular weight excluding hydrogens is 246 g/mol. The second kappa shape index (κ2) is 4.50. The van der Waals surface area contributed by atoms with Gasteiger partial charge in [0, 0.05) is 11.7 Å². The first-order valence-electron chi connectivity index (χ1n) is 7.16. The molecule has 1 saturated carbocycles. The van der Waals surface area contributed by atoms with E-state index in [1.54, 1.807) is 0 Å². The molecule has 2 heteroatoms. The van der Waals surface area contributed by atoms with Crippen LogP contribution in [0.25, 0.3) is 10.9 Å². The number of benzene rings is 2. The molecule has 3 aromatic rings. The second-order valence-corrected chi connectivity index (χ2v) is 5.67. The van der Waals surface area contributed by atoms with Crippen LogP contribution in [0, 0.1) is 0 Å². The van der Waals surface area contributed by atoms with Crippen molar-refractivity contribution in [2.75, 3.05) is 0 Å². The van der Waals surface area contributed by atoms with Crippen molar-refractivity contribution in [3.05, 3.63) is 71.4 Å². The van der Waals surface area contributed by atoms with Gasteiger partial charge >= 0.3 is 0 Å². The zero-order valence-corrected chi connectivity index (χ0v) is 11.2. The van der Waals surface area contributed by atoms with Crippen molar-refractivity contribution in [2.45, 2.75) is 24.9 Å². The maximum absolute atomic E-state index is 10.6. The third-order valence-corrected chi connectivity index (χ3v) is 4.17. The molecule has 20 heavy (non-hydrogen) atoms. The van der Waals surface area contributed by atoms with Crippen molar-refractivity contribution in [2.24, 2.45) is 0 Å². The van der Waals surface area contributed by atoms with Crippen LogP contribution in [-0.2, 0) is 0 Å². The van der Waals surface area contributed by atoms with Gasteiger partial charge in [0.1, 0.15) is 6.10 Å². The van der Waals surface area contributed by atoms with E-state index in [9.17, 15) is 5.11 Å². The van der Waals surface area contributed by atoms with E-state index in [0.29, 0.717) is 5.92 Å². The van der Waals surface area contributed by atoms with Crippen molar-refractivity contribution in [3.63, 3.8) is 0 Å². The number of aliphatic hydroxyl groups is 1. The van der Waals surface area contributed by atoms with Gasteiger partial charge in [0.15, 0.2) is 0 Å². The minimum absolute atomic E-state index is 0.548. The summed E-state index contributed by atoms with van der Waals surface area (Å²) in [5.74, 6) is 0.717. The molecular formula is C18H17NO. The fraction of sp³-hybridized carbons (Fsp3) is 0.222. The summed E-state index contributed by atoms with van der Waals surface area (Å²) in [6.07, 6.45) is 3.95. The molecule has 1 atom stereocenters. The molecule has 0 saturated heterocycles. The van der Waals surface area contributed by atoms with Gasteiger partial charge in [-0.05, 0) is 59.0 Å². The van der Waals surface area contributed by atoms with Gasteiger partial charge in [0.05, 0.1) is 0 Å². The summed E-state index contributed by atoms with van der Waals surface area (Å²) in [5, 5.41) is 11.7. The van der Waals surface area contributed by atoms with E-state index in [1.807, 2.05) is 30.5 Å². The Balaban J connectivity index is 1.71. The lowest BCUT2D eigenvalue weighted by molar-refractivity contribution is 0.220. The summed E-state index contributed by atoms with van der Waals surface area (Å²) in [6.45, 7) is 0. The van der Waals surface area contributed by atoms with Gasteiger partial charge in [-0.3, -0.25) is 0 Å². The molecule has 2 aromatic carbocycles. The number of aliphatic hydroxyl groups excluding tert-OH is 1. The third-order valence-electron chi connectivity index (χ3n) is 4.17. The summed E-state index contributed by atoms with van der Waals surface area (Å²) in [7, 11) is 0. The summed E-state index contributed by atoms with van der Waals surface area (Å²) in [5.41, 5.74) is 4.41. The molecule has 1 heterocycles. The fourth-order valence-corrected chi connectivity index (χ4v) is 2.83. The Kier molecular flexibility index (Phi) is 2.64. The van der Waals surface area contributed by atoms with Crippen molar-refractivity contribution < 1.29 is 5.11 Å². The Bertz CT molecular complexity index is 755. The van der Waals surface area contributed by atoms with E-state index in [0.717, 1.165) is 22.0 Å². The standard InChI is InChI=1S/C18H17NO/c20-18(15-3-1-2-13(10-15)12-4-5-12)16-6-7-17-14(11-16)8-9-19-17/h1-3,6-12,18-20H,4-5H2. The molecule has 1 aromatic heterocycles. The number of aromatic nitrogens is 1. The fourth-order valence-electron chi connectivity index (χ4n) is 2.83. The zero-order valence-electron chi connectivity index (χ0n) is 11.2. The Morgan fingerprint density at radius 1 is 1.00 bits per heavy atom. The molecule has 2 nitrogen and oxygen atoms in total. The van der Waals surface area contributed by atoms with Crippen LogP contribution >= 0.6 is 0 Å². The van der Waals surface area contributed by atoms with Crippen LogP contribution in [0.5, 0.6) is 0 Å². The maximum atomic E-state index is 10.6. The van der Waals surface area contributed by atoms with Crippen LogP contribution in [0.2, 0.25) is 0 Å². The number of rotatable bonds is 3. The highest BCUT2D eigenvalue weighted by Gasteiger charge is 2.24. The van der Waals surface area contributed by atoms with Crippen molar-refractivity contribution in [1.82, 2.24) is 4.98 Å². The molecule has 0 bridgehead atoms. The minimum atomic E-state index is -0.548. The normalized spacial score (nSPS) is 16.4. The Morgan fingerprint density at radius 3 is 2.70 bits per heavy atom. The van der Waals surface area contributed by atoms with Gasteiger partial charge in [-0.15, -0.1) is 0 Å². The van der Waals surface area contributed by atoms with Crippen LogP contribution in [0.3, 0.4) is 0 Å². The molecule has 100 valence electrons. The van der Waals surface area contributed by atoms with Gasteiger partial charge in [-0.1, -0.05) is 30.3 Å². The minimum Gasteiger partial charge on any atom is -0.384 e. The third kappa shape index (κ3) is 2.02. The van der Waals surface area contributed by atoms with Crippen molar-refractivity contribution in [1.29, 1.82) is 0 Å². The zero-order chi connectivity index (χ0) is 13.5. The molecule has 0 aliphatic heterocycles.